The van der Waals surface area contributed by atoms with Crippen LogP contribution in [-0.4, -0.2) is 46.5 Å². The molecule has 1 fully saturated rings. The highest BCUT2D eigenvalue weighted by atomic mass is 16.5. The number of hydrogen-bond donors (Lipinski definition) is 2. The molecule has 2 N–H and O–H groups in total. The van der Waals surface area contributed by atoms with Gasteiger partial charge in [0, 0.05) is 32.0 Å². The molecule has 21 heavy (non-hydrogen) atoms. The predicted molar refractivity (Wildman–Crippen MR) is 79.3 cm³/mol. The van der Waals surface area contributed by atoms with E-state index in [1.165, 1.54) is 12.5 Å². The van der Waals surface area contributed by atoms with Crippen LogP contribution in [0.2, 0.25) is 0 Å². The number of aliphatic hydroxyl groups is 1. The summed E-state index contributed by atoms with van der Waals surface area (Å²) in [4.78, 5) is 14.1. The molecule has 2 rings (SSSR count). The first-order chi connectivity index (χ1) is 10.2. The standard InChI is InChI=1S/C15H24N2O4/c1-21-8-7-17-12(11-18)9-14(19)15(20)13(17)10-16-5-3-2-4-6-16/h9,18,20H,2-8,10-11H2,1H3. The average Bonchev–Trinajstić information content (AvgIpc) is 2.51. The average molecular weight is 296 g/mol. The number of ether oxygens (including phenoxy) is 1. The van der Waals surface area contributed by atoms with Gasteiger partial charge in [-0.2, -0.15) is 0 Å². The maximum Gasteiger partial charge on any atom is 0.223 e. The van der Waals surface area contributed by atoms with Gasteiger partial charge >= 0.3 is 0 Å². The van der Waals surface area contributed by atoms with Gasteiger partial charge in [-0.3, -0.25) is 9.69 Å². The van der Waals surface area contributed by atoms with Gasteiger partial charge in [-0.15, -0.1) is 0 Å². The van der Waals surface area contributed by atoms with Gasteiger partial charge in [-0.05, 0) is 25.9 Å². The molecule has 0 unspecified atom stereocenters. The summed E-state index contributed by atoms with van der Waals surface area (Å²) in [6.07, 6.45) is 3.52. The molecule has 6 nitrogen and oxygen atoms in total. The second-order valence-electron chi connectivity index (χ2n) is 5.43. The van der Waals surface area contributed by atoms with Crippen molar-refractivity contribution in [3.8, 4) is 5.75 Å². The summed E-state index contributed by atoms with van der Waals surface area (Å²) < 4.78 is 6.88. The maximum absolute atomic E-state index is 11.9. The summed E-state index contributed by atoms with van der Waals surface area (Å²) >= 11 is 0. The Morgan fingerprint density at radius 2 is 2.00 bits per heavy atom. The molecule has 1 aliphatic rings. The summed E-state index contributed by atoms with van der Waals surface area (Å²) in [5.41, 5.74) is 0.659. The van der Waals surface area contributed by atoms with Crippen molar-refractivity contribution in [1.82, 2.24) is 9.47 Å². The molecule has 0 saturated carbocycles. The van der Waals surface area contributed by atoms with Gasteiger partial charge in [0.15, 0.2) is 5.75 Å². The highest BCUT2D eigenvalue weighted by Crippen LogP contribution is 2.20. The molecule has 1 aliphatic heterocycles. The highest BCUT2D eigenvalue weighted by molar-refractivity contribution is 5.30. The van der Waals surface area contributed by atoms with Gasteiger partial charge in [-0.1, -0.05) is 6.42 Å². The number of nitrogens with zero attached hydrogens (tertiary/aromatic N) is 2. The molecule has 0 radical (unpaired) electrons. The first-order valence-corrected chi connectivity index (χ1v) is 7.44. The number of likely N-dealkylation sites (tertiary alicyclic amines) is 1. The number of rotatable bonds is 6. The van der Waals surface area contributed by atoms with Gasteiger partial charge in [0.05, 0.1) is 18.9 Å². The number of methoxy groups -OCH3 is 1. The van der Waals surface area contributed by atoms with Crippen molar-refractivity contribution in [2.75, 3.05) is 26.8 Å². The molecule has 1 aromatic rings. The van der Waals surface area contributed by atoms with Crippen LogP contribution in [-0.2, 0) is 24.4 Å². The van der Waals surface area contributed by atoms with Crippen molar-refractivity contribution in [3.05, 3.63) is 27.7 Å². The normalized spacial score (nSPS) is 16.3. The molecule has 0 aromatic carbocycles. The Kier molecular flexibility index (Phi) is 5.78. The van der Waals surface area contributed by atoms with E-state index < -0.39 is 5.43 Å². The van der Waals surface area contributed by atoms with Crippen molar-refractivity contribution in [2.45, 2.75) is 39.0 Å². The van der Waals surface area contributed by atoms with Crippen molar-refractivity contribution >= 4 is 0 Å². The largest absolute Gasteiger partial charge is 0.503 e. The monoisotopic (exact) mass is 296 g/mol. The highest BCUT2D eigenvalue weighted by Gasteiger charge is 2.19. The van der Waals surface area contributed by atoms with E-state index in [4.69, 9.17) is 4.74 Å². The van der Waals surface area contributed by atoms with Gasteiger partial charge in [0.2, 0.25) is 5.43 Å². The van der Waals surface area contributed by atoms with E-state index in [1.807, 2.05) is 0 Å². The minimum atomic E-state index is -0.431. The van der Waals surface area contributed by atoms with Crippen LogP contribution in [0.3, 0.4) is 0 Å². The summed E-state index contributed by atoms with van der Waals surface area (Å²) in [6, 6.07) is 1.30. The lowest BCUT2D eigenvalue weighted by molar-refractivity contribution is 0.174. The van der Waals surface area contributed by atoms with Crippen LogP contribution in [0.25, 0.3) is 0 Å². The van der Waals surface area contributed by atoms with Gasteiger partial charge in [-0.25, -0.2) is 0 Å². The summed E-state index contributed by atoms with van der Waals surface area (Å²) in [6.45, 7) is 3.21. The molecule has 0 atom stereocenters. The zero-order valence-corrected chi connectivity index (χ0v) is 12.5. The molecule has 2 heterocycles. The topological polar surface area (TPSA) is 74.9 Å². The fraction of sp³-hybridized carbons (Fsp3) is 0.667. The van der Waals surface area contributed by atoms with Gasteiger partial charge < -0.3 is 19.5 Å². The Morgan fingerprint density at radius 3 is 2.62 bits per heavy atom. The molecule has 1 saturated heterocycles. The first kappa shape index (κ1) is 16.0. The first-order valence-electron chi connectivity index (χ1n) is 7.44. The van der Waals surface area contributed by atoms with Crippen LogP contribution >= 0.6 is 0 Å². The van der Waals surface area contributed by atoms with Crippen LogP contribution < -0.4 is 5.43 Å². The third-order valence-corrected chi connectivity index (χ3v) is 3.98. The second kappa shape index (κ2) is 7.59. The lowest BCUT2D eigenvalue weighted by Crippen LogP contribution is -2.32. The number of hydrogen-bond acceptors (Lipinski definition) is 5. The minimum absolute atomic E-state index is 0.214. The summed E-state index contributed by atoms with van der Waals surface area (Å²) in [5, 5.41) is 19.6. The molecular weight excluding hydrogens is 272 g/mol. The quantitative estimate of drug-likeness (QED) is 0.807. The van der Waals surface area contributed by atoms with Crippen LogP contribution in [0.1, 0.15) is 30.7 Å². The number of aromatic hydroxyl groups is 1. The summed E-state index contributed by atoms with van der Waals surface area (Å²) in [5.74, 6) is -0.214. The SMILES string of the molecule is COCCn1c(CO)cc(=O)c(O)c1CN1CCCCC1. The molecule has 0 bridgehead atoms. The van der Waals surface area contributed by atoms with Crippen molar-refractivity contribution in [2.24, 2.45) is 0 Å². The molecule has 0 amide bonds. The fourth-order valence-corrected chi connectivity index (χ4v) is 2.82. The molecule has 1 aromatic heterocycles. The third kappa shape index (κ3) is 3.84. The number of piperidine rings is 1. The zero-order valence-electron chi connectivity index (χ0n) is 12.5. The van der Waals surface area contributed by atoms with Crippen LogP contribution in [0.5, 0.6) is 5.75 Å². The van der Waals surface area contributed by atoms with Gasteiger partial charge in [0.1, 0.15) is 0 Å². The van der Waals surface area contributed by atoms with E-state index >= 15 is 0 Å². The molecule has 118 valence electrons. The molecule has 0 spiro atoms. The number of pyridine rings is 1. The van der Waals surface area contributed by atoms with Gasteiger partial charge in [0.25, 0.3) is 0 Å². The van der Waals surface area contributed by atoms with Crippen LogP contribution in [0.4, 0.5) is 0 Å². The lowest BCUT2D eigenvalue weighted by atomic mass is 10.1. The molecular formula is C15H24N2O4. The number of aromatic nitrogens is 1. The number of aliphatic hydroxyl groups excluding tert-OH is 1. The molecule has 0 aliphatic carbocycles. The minimum Gasteiger partial charge on any atom is -0.503 e. The fourth-order valence-electron chi connectivity index (χ4n) is 2.82. The smallest absolute Gasteiger partial charge is 0.223 e. The van der Waals surface area contributed by atoms with E-state index in [0.717, 1.165) is 25.9 Å². The maximum atomic E-state index is 11.9. The van der Waals surface area contributed by atoms with E-state index in [-0.39, 0.29) is 12.4 Å². The second-order valence-corrected chi connectivity index (χ2v) is 5.43. The predicted octanol–water partition coefficient (Wildman–Crippen LogP) is 0.678. The van der Waals surface area contributed by atoms with Crippen molar-refractivity contribution in [3.63, 3.8) is 0 Å². The van der Waals surface area contributed by atoms with Crippen molar-refractivity contribution < 1.29 is 14.9 Å². The Hall–Kier alpha value is -1.37. The summed E-state index contributed by atoms with van der Waals surface area (Å²) in [7, 11) is 1.60. The van der Waals surface area contributed by atoms with E-state index in [1.54, 1.807) is 11.7 Å². The van der Waals surface area contributed by atoms with Crippen LogP contribution in [0, 0.1) is 0 Å². The van der Waals surface area contributed by atoms with E-state index in [2.05, 4.69) is 4.90 Å². The Bertz CT molecular complexity index is 521. The third-order valence-electron chi connectivity index (χ3n) is 3.98. The Balaban J connectivity index is 2.34. The Morgan fingerprint density at radius 1 is 1.29 bits per heavy atom. The van der Waals surface area contributed by atoms with E-state index in [9.17, 15) is 15.0 Å². The zero-order chi connectivity index (χ0) is 15.2. The van der Waals surface area contributed by atoms with Crippen molar-refractivity contribution in [1.29, 1.82) is 0 Å². The Labute approximate surface area is 124 Å². The van der Waals surface area contributed by atoms with Crippen LogP contribution in [0.15, 0.2) is 10.9 Å². The lowest BCUT2D eigenvalue weighted by Gasteiger charge is -2.28. The molecule has 6 heteroatoms. The van der Waals surface area contributed by atoms with E-state index in [0.29, 0.717) is 31.1 Å².